The van der Waals surface area contributed by atoms with E-state index in [1.807, 2.05) is 30.5 Å². The Hall–Kier alpha value is -1.14. The fourth-order valence-corrected chi connectivity index (χ4v) is 3.02. The summed E-state index contributed by atoms with van der Waals surface area (Å²) in [6.45, 7) is 2.40. The van der Waals surface area contributed by atoms with Crippen molar-refractivity contribution < 1.29 is 4.79 Å². The van der Waals surface area contributed by atoms with E-state index in [1.54, 1.807) is 11.3 Å². The molecule has 23 heavy (non-hydrogen) atoms. The fourth-order valence-electron chi connectivity index (χ4n) is 2.37. The van der Waals surface area contributed by atoms with Crippen molar-refractivity contribution in [3.05, 3.63) is 40.2 Å². The average Bonchev–Trinajstić information content (AvgIpc) is 3.19. The van der Waals surface area contributed by atoms with Crippen molar-refractivity contribution in [2.75, 3.05) is 6.54 Å². The van der Waals surface area contributed by atoms with Gasteiger partial charge < -0.3 is 11.1 Å². The normalized spacial score (nSPS) is 14.3. The molecule has 1 fully saturated rings. The fraction of sp³-hybridized carbons (Fsp3) is 0.375. The maximum Gasteiger partial charge on any atom is 0.253 e. The van der Waals surface area contributed by atoms with Crippen LogP contribution >= 0.6 is 36.2 Å². The van der Waals surface area contributed by atoms with E-state index in [-0.39, 0.29) is 36.8 Å². The lowest BCUT2D eigenvalue weighted by Crippen LogP contribution is -2.38. The molecule has 126 valence electrons. The first-order valence-electron chi connectivity index (χ1n) is 7.19. The highest BCUT2D eigenvalue weighted by atomic mass is 35.5. The van der Waals surface area contributed by atoms with Crippen molar-refractivity contribution in [1.82, 2.24) is 10.3 Å². The average molecular weight is 374 g/mol. The van der Waals surface area contributed by atoms with E-state index < -0.39 is 0 Å². The van der Waals surface area contributed by atoms with Gasteiger partial charge in [-0.1, -0.05) is 0 Å². The Kier molecular flexibility index (Phi) is 7.48. The molecule has 1 aliphatic rings. The van der Waals surface area contributed by atoms with Gasteiger partial charge in [-0.15, -0.1) is 24.8 Å². The molecule has 2 aromatic rings. The molecule has 2 heterocycles. The highest BCUT2D eigenvalue weighted by Gasteiger charge is 2.28. The first kappa shape index (κ1) is 19.9. The van der Waals surface area contributed by atoms with E-state index in [0.717, 1.165) is 17.0 Å². The van der Waals surface area contributed by atoms with Gasteiger partial charge in [0.25, 0.3) is 5.91 Å². The van der Waals surface area contributed by atoms with Gasteiger partial charge in [0.1, 0.15) is 0 Å². The highest BCUT2D eigenvalue weighted by molar-refractivity contribution is 7.08. The topological polar surface area (TPSA) is 68.0 Å². The second-order valence-electron chi connectivity index (χ2n) is 5.55. The smallest absolute Gasteiger partial charge is 0.253 e. The Morgan fingerprint density at radius 3 is 2.70 bits per heavy atom. The molecule has 4 nitrogen and oxygen atoms in total. The first-order valence-corrected chi connectivity index (χ1v) is 8.13. The van der Waals surface area contributed by atoms with E-state index in [1.165, 1.54) is 12.8 Å². The van der Waals surface area contributed by atoms with Gasteiger partial charge in [-0.3, -0.25) is 9.78 Å². The van der Waals surface area contributed by atoms with Crippen LogP contribution in [0, 0.1) is 12.8 Å². The Labute approximate surface area is 152 Å². The Morgan fingerprint density at radius 2 is 2.13 bits per heavy atom. The van der Waals surface area contributed by atoms with Crippen LogP contribution in [0.4, 0.5) is 0 Å². The summed E-state index contributed by atoms with van der Waals surface area (Å²) in [6.07, 6.45) is 2.37. The third-order valence-electron chi connectivity index (χ3n) is 3.87. The SMILES string of the molecule is Cc1nc(-c2ccsc2)ccc1C(=O)NCC(N)C1CC1.Cl.Cl. The number of thiophene rings is 1. The van der Waals surface area contributed by atoms with Crippen LogP contribution in [0.25, 0.3) is 11.3 Å². The third kappa shape index (κ3) is 4.91. The van der Waals surface area contributed by atoms with Crippen molar-refractivity contribution in [3.8, 4) is 11.3 Å². The molecule has 0 saturated heterocycles. The monoisotopic (exact) mass is 373 g/mol. The number of nitrogens with two attached hydrogens (primary N) is 1. The summed E-state index contributed by atoms with van der Waals surface area (Å²) >= 11 is 1.64. The second-order valence-corrected chi connectivity index (χ2v) is 6.33. The number of pyridine rings is 1. The molecule has 0 radical (unpaired) electrons. The quantitative estimate of drug-likeness (QED) is 0.843. The Bertz CT molecular complexity index is 645. The number of hydrogen-bond acceptors (Lipinski definition) is 4. The van der Waals surface area contributed by atoms with Crippen molar-refractivity contribution in [2.24, 2.45) is 11.7 Å². The minimum Gasteiger partial charge on any atom is -0.350 e. The second kappa shape index (κ2) is 8.64. The summed E-state index contributed by atoms with van der Waals surface area (Å²) in [5, 5.41) is 6.99. The summed E-state index contributed by atoms with van der Waals surface area (Å²) < 4.78 is 0. The van der Waals surface area contributed by atoms with Crippen LogP contribution in [-0.4, -0.2) is 23.5 Å². The molecule has 0 aliphatic heterocycles. The lowest BCUT2D eigenvalue weighted by molar-refractivity contribution is 0.0949. The summed E-state index contributed by atoms with van der Waals surface area (Å²) in [5.41, 5.74) is 9.36. The van der Waals surface area contributed by atoms with Crippen molar-refractivity contribution in [2.45, 2.75) is 25.8 Å². The Balaban J connectivity index is 0.00000132. The number of halogens is 2. The Morgan fingerprint density at radius 1 is 1.39 bits per heavy atom. The first-order chi connectivity index (χ1) is 10.1. The predicted molar refractivity (Wildman–Crippen MR) is 99.8 cm³/mol. The molecule has 7 heteroatoms. The summed E-state index contributed by atoms with van der Waals surface area (Å²) in [6, 6.07) is 5.84. The number of nitrogens with one attached hydrogen (secondary N) is 1. The summed E-state index contributed by atoms with van der Waals surface area (Å²) in [7, 11) is 0. The van der Waals surface area contributed by atoms with Crippen LogP contribution in [0.15, 0.2) is 29.0 Å². The highest BCUT2D eigenvalue weighted by Crippen LogP contribution is 2.31. The van der Waals surface area contributed by atoms with E-state index in [0.29, 0.717) is 18.0 Å². The minimum atomic E-state index is -0.0898. The number of aryl methyl sites for hydroxylation is 1. The van der Waals surface area contributed by atoms with Crippen molar-refractivity contribution in [1.29, 1.82) is 0 Å². The van der Waals surface area contributed by atoms with E-state index in [2.05, 4.69) is 15.7 Å². The lowest BCUT2D eigenvalue weighted by atomic mass is 10.1. The number of nitrogens with zero attached hydrogens (tertiary/aromatic N) is 1. The molecule has 0 bridgehead atoms. The lowest BCUT2D eigenvalue weighted by Gasteiger charge is -2.12. The van der Waals surface area contributed by atoms with Gasteiger partial charge in [0.15, 0.2) is 0 Å². The number of aromatic nitrogens is 1. The van der Waals surface area contributed by atoms with Crippen LogP contribution in [0.1, 0.15) is 28.9 Å². The van der Waals surface area contributed by atoms with Gasteiger partial charge in [-0.25, -0.2) is 0 Å². The van der Waals surface area contributed by atoms with Gasteiger partial charge in [-0.2, -0.15) is 11.3 Å². The summed E-state index contributed by atoms with van der Waals surface area (Å²) in [4.78, 5) is 16.7. The summed E-state index contributed by atoms with van der Waals surface area (Å²) in [5.74, 6) is 0.499. The number of amides is 1. The number of carbonyl (C=O) groups is 1. The zero-order chi connectivity index (χ0) is 14.8. The maximum absolute atomic E-state index is 12.2. The van der Waals surface area contributed by atoms with Gasteiger partial charge in [0.05, 0.1) is 17.0 Å². The molecule has 0 spiro atoms. The van der Waals surface area contributed by atoms with Crippen LogP contribution < -0.4 is 11.1 Å². The van der Waals surface area contributed by atoms with Gasteiger partial charge in [-0.05, 0) is 49.3 Å². The molecule has 3 rings (SSSR count). The van der Waals surface area contributed by atoms with Crippen LogP contribution in [0.3, 0.4) is 0 Å². The maximum atomic E-state index is 12.2. The molecule has 2 aromatic heterocycles. The van der Waals surface area contributed by atoms with Gasteiger partial charge in [0.2, 0.25) is 0 Å². The minimum absolute atomic E-state index is 0. The van der Waals surface area contributed by atoms with Gasteiger partial charge >= 0.3 is 0 Å². The molecule has 1 atom stereocenters. The molecule has 1 unspecified atom stereocenters. The number of carbonyl (C=O) groups excluding carboxylic acids is 1. The van der Waals surface area contributed by atoms with E-state index >= 15 is 0 Å². The van der Waals surface area contributed by atoms with E-state index in [4.69, 9.17) is 5.73 Å². The van der Waals surface area contributed by atoms with Crippen LogP contribution in [0.2, 0.25) is 0 Å². The number of hydrogen-bond donors (Lipinski definition) is 2. The molecule has 3 N–H and O–H groups in total. The largest absolute Gasteiger partial charge is 0.350 e. The molecule has 1 saturated carbocycles. The molecular formula is C16H21Cl2N3OS. The van der Waals surface area contributed by atoms with Crippen LogP contribution in [0.5, 0.6) is 0 Å². The zero-order valence-electron chi connectivity index (χ0n) is 12.8. The van der Waals surface area contributed by atoms with Gasteiger partial charge in [0, 0.05) is 23.5 Å². The third-order valence-corrected chi connectivity index (χ3v) is 4.56. The molecular weight excluding hydrogens is 353 g/mol. The van der Waals surface area contributed by atoms with Crippen molar-refractivity contribution >= 4 is 42.1 Å². The predicted octanol–water partition coefficient (Wildman–Crippen LogP) is 3.43. The number of rotatable bonds is 5. The zero-order valence-corrected chi connectivity index (χ0v) is 15.3. The molecule has 0 aromatic carbocycles. The molecule has 1 aliphatic carbocycles. The van der Waals surface area contributed by atoms with E-state index in [9.17, 15) is 4.79 Å². The molecule has 1 amide bonds. The standard InChI is InChI=1S/C16H19N3OS.2ClH/c1-10-13(16(20)18-8-14(17)11-2-3-11)4-5-15(19-10)12-6-7-21-9-12;;/h4-7,9,11,14H,2-3,8,17H2,1H3,(H,18,20);2*1H. The van der Waals surface area contributed by atoms with Crippen molar-refractivity contribution in [3.63, 3.8) is 0 Å². The van der Waals surface area contributed by atoms with Crippen LogP contribution in [-0.2, 0) is 0 Å².